The minimum absolute atomic E-state index is 0.183. The van der Waals surface area contributed by atoms with Crippen LogP contribution in [0.2, 0.25) is 0 Å². The van der Waals surface area contributed by atoms with E-state index in [1.807, 2.05) is 0 Å². The van der Waals surface area contributed by atoms with E-state index >= 15 is 0 Å². The van der Waals surface area contributed by atoms with Gasteiger partial charge in [0.1, 0.15) is 5.75 Å². The van der Waals surface area contributed by atoms with E-state index in [0.717, 1.165) is 5.56 Å². The molecule has 0 fully saturated rings. The number of ether oxygens (including phenoxy) is 1. The van der Waals surface area contributed by atoms with Crippen LogP contribution in [-0.4, -0.2) is 6.61 Å². The Morgan fingerprint density at radius 3 is 2.25 bits per heavy atom. The van der Waals surface area contributed by atoms with Gasteiger partial charge in [-0.05, 0) is 24.3 Å². The number of quaternary nitrogens is 1. The van der Waals surface area contributed by atoms with Crippen LogP contribution < -0.4 is 10.5 Å². The van der Waals surface area contributed by atoms with Crippen molar-refractivity contribution < 1.29 is 19.3 Å². The lowest BCUT2D eigenvalue weighted by Crippen LogP contribution is -2.47. The fourth-order valence-electron chi connectivity index (χ4n) is 0.838. The fraction of sp³-hybridized carbons (Fsp3) is 0.250. The summed E-state index contributed by atoms with van der Waals surface area (Å²) in [5.74, 6) is 0.183. The average molecular weight is 174 g/mol. The lowest BCUT2D eigenvalue weighted by molar-refractivity contribution is -0.386. The summed E-state index contributed by atoms with van der Waals surface area (Å²) in [6.45, 7) is -2.11. The van der Waals surface area contributed by atoms with Crippen LogP contribution in [0.1, 0.15) is 5.56 Å². The van der Waals surface area contributed by atoms with Crippen LogP contribution in [0.15, 0.2) is 24.3 Å². The fourth-order valence-corrected chi connectivity index (χ4v) is 0.838. The van der Waals surface area contributed by atoms with Crippen molar-refractivity contribution >= 4 is 0 Å². The largest absolute Gasteiger partial charge is 0.435 e. The molecule has 1 aromatic rings. The Bertz CT molecular complexity index is 235. The molecule has 0 amide bonds. The molecule has 0 atom stereocenters. The SMILES string of the molecule is [NH3+]Cc1ccc(OC(F)F)cc1. The molecule has 1 rings (SSSR count). The molecule has 0 heterocycles. The van der Waals surface area contributed by atoms with Gasteiger partial charge in [-0.3, -0.25) is 0 Å². The molecule has 0 spiro atoms. The Balaban J connectivity index is 2.65. The van der Waals surface area contributed by atoms with Crippen molar-refractivity contribution in [3.05, 3.63) is 29.8 Å². The minimum atomic E-state index is -2.75. The molecule has 0 bridgehead atoms. The number of alkyl halides is 2. The summed E-state index contributed by atoms with van der Waals surface area (Å²) in [6.07, 6.45) is 0. The van der Waals surface area contributed by atoms with Crippen LogP contribution in [-0.2, 0) is 6.54 Å². The lowest BCUT2D eigenvalue weighted by atomic mass is 10.2. The van der Waals surface area contributed by atoms with Crippen LogP contribution in [0.5, 0.6) is 5.75 Å². The first-order chi connectivity index (χ1) is 5.72. The van der Waals surface area contributed by atoms with E-state index in [1.165, 1.54) is 12.1 Å². The van der Waals surface area contributed by atoms with Gasteiger partial charge in [0.2, 0.25) is 0 Å². The average Bonchev–Trinajstić information content (AvgIpc) is 2.05. The first-order valence-corrected chi connectivity index (χ1v) is 3.55. The van der Waals surface area contributed by atoms with Gasteiger partial charge in [-0.15, -0.1) is 0 Å². The van der Waals surface area contributed by atoms with E-state index in [1.54, 1.807) is 12.1 Å². The molecule has 0 aliphatic carbocycles. The summed E-state index contributed by atoms with van der Waals surface area (Å²) in [6, 6.07) is 6.44. The van der Waals surface area contributed by atoms with Gasteiger partial charge in [0.25, 0.3) is 0 Å². The Hall–Kier alpha value is -1.16. The topological polar surface area (TPSA) is 36.9 Å². The molecular weight excluding hydrogens is 164 g/mol. The third kappa shape index (κ3) is 2.47. The third-order valence-electron chi connectivity index (χ3n) is 1.44. The maximum absolute atomic E-state index is 11.7. The monoisotopic (exact) mass is 174 g/mol. The van der Waals surface area contributed by atoms with Crippen LogP contribution >= 0.6 is 0 Å². The van der Waals surface area contributed by atoms with Gasteiger partial charge < -0.3 is 10.5 Å². The zero-order valence-corrected chi connectivity index (χ0v) is 6.47. The quantitative estimate of drug-likeness (QED) is 0.730. The zero-order chi connectivity index (χ0) is 8.97. The lowest BCUT2D eigenvalue weighted by Gasteiger charge is -2.03. The Morgan fingerprint density at radius 1 is 1.25 bits per heavy atom. The molecule has 0 aliphatic rings. The summed E-state index contributed by atoms with van der Waals surface area (Å²) in [5, 5.41) is 0. The van der Waals surface area contributed by atoms with Gasteiger partial charge in [-0.2, -0.15) is 8.78 Å². The molecule has 0 radical (unpaired) electrons. The van der Waals surface area contributed by atoms with E-state index in [9.17, 15) is 8.78 Å². The maximum Gasteiger partial charge on any atom is 0.387 e. The highest BCUT2D eigenvalue weighted by Gasteiger charge is 2.02. The predicted octanol–water partition coefficient (Wildman–Crippen LogP) is 1.03. The van der Waals surface area contributed by atoms with Crippen molar-refractivity contribution in [3.8, 4) is 5.75 Å². The Kier molecular flexibility index (Phi) is 2.99. The van der Waals surface area contributed by atoms with Gasteiger partial charge in [-0.1, -0.05) is 0 Å². The molecule has 4 heteroatoms. The molecule has 0 saturated heterocycles. The first-order valence-electron chi connectivity index (χ1n) is 3.55. The van der Waals surface area contributed by atoms with E-state index in [-0.39, 0.29) is 5.75 Å². The maximum atomic E-state index is 11.7. The molecule has 0 aromatic heterocycles. The second-order valence-electron chi connectivity index (χ2n) is 2.27. The summed E-state index contributed by atoms with van der Waals surface area (Å²) in [4.78, 5) is 0. The highest BCUT2D eigenvalue weighted by atomic mass is 19.3. The molecule has 0 aliphatic heterocycles. The van der Waals surface area contributed by atoms with Crippen molar-refractivity contribution in [2.24, 2.45) is 0 Å². The van der Waals surface area contributed by atoms with Crippen molar-refractivity contribution in [2.45, 2.75) is 13.2 Å². The van der Waals surface area contributed by atoms with Crippen molar-refractivity contribution in [1.29, 1.82) is 0 Å². The van der Waals surface area contributed by atoms with Crippen molar-refractivity contribution in [1.82, 2.24) is 0 Å². The number of halogens is 2. The van der Waals surface area contributed by atoms with Gasteiger partial charge in [0.05, 0.1) is 6.54 Å². The molecule has 12 heavy (non-hydrogen) atoms. The third-order valence-corrected chi connectivity index (χ3v) is 1.44. The van der Waals surface area contributed by atoms with E-state index in [4.69, 9.17) is 0 Å². The standard InChI is InChI=1S/C8H9F2NO/c9-8(10)12-7-3-1-6(5-11)2-4-7/h1-4,8H,5,11H2/p+1. The van der Waals surface area contributed by atoms with Gasteiger partial charge >= 0.3 is 6.61 Å². The summed E-state index contributed by atoms with van der Waals surface area (Å²) in [7, 11) is 0. The van der Waals surface area contributed by atoms with Crippen LogP contribution in [0, 0.1) is 0 Å². The summed E-state index contributed by atoms with van der Waals surface area (Å²) < 4.78 is 27.5. The molecule has 0 saturated carbocycles. The minimum Gasteiger partial charge on any atom is -0.435 e. The van der Waals surface area contributed by atoms with Crippen LogP contribution in [0.4, 0.5) is 8.78 Å². The zero-order valence-electron chi connectivity index (χ0n) is 6.47. The predicted molar refractivity (Wildman–Crippen MR) is 39.7 cm³/mol. The van der Waals surface area contributed by atoms with Crippen molar-refractivity contribution in [3.63, 3.8) is 0 Å². The second-order valence-corrected chi connectivity index (χ2v) is 2.27. The summed E-state index contributed by atoms with van der Waals surface area (Å²) in [5.41, 5.74) is 4.65. The Morgan fingerprint density at radius 2 is 1.83 bits per heavy atom. The number of hydrogen-bond acceptors (Lipinski definition) is 1. The van der Waals surface area contributed by atoms with Crippen molar-refractivity contribution in [2.75, 3.05) is 0 Å². The number of hydrogen-bond donors (Lipinski definition) is 1. The van der Waals surface area contributed by atoms with E-state index in [2.05, 4.69) is 10.5 Å². The van der Waals surface area contributed by atoms with Gasteiger partial charge in [-0.25, -0.2) is 0 Å². The van der Waals surface area contributed by atoms with Crippen LogP contribution in [0.25, 0.3) is 0 Å². The molecule has 1 aromatic carbocycles. The van der Waals surface area contributed by atoms with Crippen LogP contribution in [0.3, 0.4) is 0 Å². The Labute approximate surface area is 68.9 Å². The smallest absolute Gasteiger partial charge is 0.387 e. The van der Waals surface area contributed by atoms with Gasteiger partial charge in [0, 0.05) is 5.56 Å². The molecule has 3 N–H and O–H groups in total. The molecular formula is C8H10F2NO+. The molecule has 0 unspecified atom stereocenters. The number of benzene rings is 1. The first kappa shape index (κ1) is 8.93. The highest BCUT2D eigenvalue weighted by Crippen LogP contribution is 2.13. The molecule has 2 nitrogen and oxygen atoms in total. The van der Waals surface area contributed by atoms with Gasteiger partial charge in [0.15, 0.2) is 0 Å². The number of rotatable bonds is 3. The highest BCUT2D eigenvalue weighted by molar-refractivity contribution is 5.26. The summed E-state index contributed by atoms with van der Waals surface area (Å²) >= 11 is 0. The second kappa shape index (κ2) is 4.01. The van der Waals surface area contributed by atoms with E-state index in [0.29, 0.717) is 6.54 Å². The van der Waals surface area contributed by atoms with E-state index < -0.39 is 6.61 Å². The molecule has 66 valence electrons. The normalized spacial score (nSPS) is 10.3.